The third-order valence-corrected chi connectivity index (χ3v) is 5.15. The number of benzene rings is 2. The topological polar surface area (TPSA) is 72.2 Å². The van der Waals surface area contributed by atoms with Crippen LogP contribution in [0.5, 0.6) is 0 Å². The summed E-state index contributed by atoms with van der Waals surface area (Å²) in [5.74, 6) is 0.498. The summed E-state index contributed by atoms with van der Waals surface area (Å²) >= 11 is 7.57. The van der Waals surface area contributed by atoms with Crippen molar-refractivity contribution >= 4 is 50.9 Å². The molecule has 2 aromatic heterocycles. The minimum absolute atomic E-state index is 0.224. The van der Waals surface area contributed by atoms with Crippen LogP contribution in [-0.4, -0.2) is 20.9 Å². The fourth-order valence-corrected chi connectivity index (χ4v) is 3.62. The van der Waals surface area contributed by atoms with Crippen LogP contribution in [0.4, 0.5) is 10.8 Å². The summed E-state index contributed by atoms with van der Waals surface area (Å²) in [5.41, 5.74) is 1.34. The molecule has 0 amide bonds. The number of nitrogens with zero attached hydrogens (tertiary/aromatic N) is 4. The van der Waals surface area contributed by atoms with E-state index in [9.17, 15) is 4.79 Å². The van der Waals surface area contributed by atoms with Crippen LogP contribution < -0.4 is 10.9 Å². The Morgan fingerprint density at radius 1 is 1.11 bits per heavy atom. The smallest absolute Gasteiger partial charge is 0.282 e. The second-order valence-corrected chi connectivity index (χ2v) is 7.09. The number of aromatic nitrogens is 3. The monoisotopic (exact) mass is 395 g/mol. The lowest BCUT2D eigenvalue weighted by Gasteiger charge is -2.04. The average Bonchev–Trinajstić information content (AvgIpc) is 3.01. The molecule has 0 bridgehead atoms. The van der Waals surface area contributed by atoms with Crippen molar-refractivity contribution in [3.05, 3.63) is 80.8 Å². The molecule has 6 nitrogen and oxygen atoms in total. The van der Waals surface area contributed by atoms with E-state index in [1.807, 2.05) is 36.4 Å². The lowest BCUT2D eigenvalue weighted by atomic mass is 10.2. The molecule has 27 heavy (non-hydrogen) atoms. The third-order valence-electron chi connectivity index (χ3n) is 3.84. The van der Waals surface area contributed by atoms with E-state index in [2.05, 4.69) is 20.4 Å². The number of aryl methyl sites for hydroxylation is 1. The Morgan fingerprint density at radius 2 is 1.85 bits per heavy atom. The molecule has 0 spiro atoms. The first-order valence-electron chi connectivity index (χ1n) is 8.13. The predicted octanol–water partition coefficient (Wildman–Crippen LogP) is 4.44. The highest BCUT2D eigenvalue weighted by atomic mass is 35.5. The zero-order valence-electron chi connectivity index (χ0n) is 14.3. The van der Waals surface area contributed by atoms with Crippen LogP contribution in [0.2, 0.25) is 5.15 Å². The number of fused-ring (bicyclic) bond motifs is 1. The highest BCUT2D eigenvalue weighted by Gasteiger charge is 2.10. The van der Waals surface area contributed by atoms with Gasteiger partial charge in [-0.25, -0.2) is 9.97 Å². The van der Waals surface area contributed by atoms with E-state index < -0.39 is 0 Å². The van der Waals surface area contributed by atoms with E-state index in [4.69, 9.17) is 11.6 Å². The molecule has 0 fully saturated rings. The molecule has 0 saturated heterocycles. The summed E-state index contributed by atoms with van der Waals surface area (Å²) in [7, 11) is 0. The second kappa shape index (κ2) is 7.30. The van der Waals surface area contributed by atoms with E-state index in [-0.39, 0.29) is 5.56 Å². The maximum atomic E-state index is 12.7. The molecule has 1 N–H and O–H groups in total. The number of rotatable bonds is 4. The highest BCUT2D eigenvalue weighted by Crippen LogP contribution is 2.27. The zero-order chi connectivity index (χ0) is 18.8. The molecule has 134 valence electrons. The van der Waals surface area contributed by atoms with Crippen molar-refractivity contribution in [3.8, 4) is 0 Å². The van der Waals surface area contributed by atoms with Crippen LogP contribution >= 0.6 is 22.9 Å². The number of anilines is 2. The van der Waals surface area contributed by atoms with Gasteiger partial charge in [-0.15, -0.1) is 0 Å². The average molecular weight is 396 g/mol. The van der Waals surface area contributed by atoms with Crippen LogP contribution in [0.3, 0.4) is 0 Å². The Bertz CT molecular complexity index is 1200. The number of halogens is 1. The van der Waals surface area contributed by atoms with Crippen molar-refractivity contribution in [1.29, 1.82) is 0 Å². The molecular formula is C19H14ClN5OS. The summed E-state index contributed by atoms with van der Waals surface area (Å²) < 4.78 is 1.27. The minimum atomic E-state index is -0.224. The molecule has 2 heterocycles. The SMILES string of the molecule is Cc1nc2ccccc2c(=O)n1/N=C/c1sc(Nc2ccccc2)nc1Cl. The Kier molecular flexibility index (Phi) is 4.70. The quantitative estimate of drug-likeness (QED) is 0.518. The fraction of sp³-hybridized carbons (Fsp3) is 0.0526. The van der Waals surface area contributed by atoms with E-state index in [1.54, 1.807) is 25.1 Å². The molecule has 4 rings (SSSR count). The van der Waals surface area contributed by atoms with Gasteiger partial charge >= 0.3 is 0 Å². The Hall–Kier alpha value is -3.03. The van der Waals surface area contributed by atoms with E-state index >= 15 is 0 Å². The summed E-state index contributed by atoms with van der Waals surface area (Å²) in [6.07, 6.45) is 1.53. The predicted molar refractivity (Wildman–Crippen MR) is 111 cm³/mol. The molecule has 4 aromatic rings. The second-order valence-electron chi connectivity index (χ2n) is 5.70. The standard InChI is InChI=1S/C19H14ClN5OS/c1-12-22-15-10-6-5-9-14(15)18(26)25(12)21-11-16-17(20)24-19(27-16)23-13-7-3-2-4-8-13/h2-11H,1H3,(H,23,24)/b21-11+. The highest BCUT2D eigenvalue weighted by molar-refractivity contribution is 7.17. The fourth-order valence-electron chi connectivity index (χ4n) is 2.57. The first kappa shape index (κ1) is 17.4. The Balaban J connectivity index is 1.66. The van der Waals surface area contributed by atoms with E-state index in [0.717, 1.165) is 5.69 Å². The number of thiazole rings is 1. The molecule has 0 aliphatic rings. The van der Waals surface area contributed by atoms with Gasteiger partial charge in [-0.05, 0) is 31.2 Å². The van der Waals surface area contributed by atoms with Gasteiger partial charge in [-0.1, -0.05) is 53.3 Å². The number of nitrogens with one attached hydrogen (secondary N) is 1. The zero-order valence-corrected chi connectivity index (χ0v) is 15.8. The van der Waals surface area contributed by atoms with Crippen LogP contribution in [-0.2, 0) is 0 Å². The summed E-state index contributed by atoms with van der Waals surface area (Å²) in [5, 5.41) is 8.96. The van der Waals surface area contributed by atoms with Gasteiger partial charge in [0.15, 0.2) is 10.3 Å². The molecular weight excluding hydrogens is 382 g/mol. The van der Waals surface area contributed by atoms with Crippen LogP contribution in [0, 0.1) is 6.92 Å². The molecule has 2 aromatic carbocycles. The molecule has 0 saturated carbocycles. The first-order valence-corrected chi connectivity index (χ1v) is 9.32. The lowest BCUT2D eigenvalue weighted by molar-refractivity contribution is 0.771. The molecule has 0 aliphatic heterocycles. The summed E-state index contributed by atoms with van der Waals surface area (Å²) in [4.78, 5) is 22.0. The van der Waals surface area contributed by atoms with Crippen LogP contribution in [0.25, 0.3) is 10.9 Å². The van der Waals surface area contributed by atoms with E-state index in [0.29, 0.717) is 31.9 Å². The van der Waals surface area contributed by atoms with Gasteiger partial charge in [0.05, 0.1) is 22.0 Å². The van der Waals surface area contributed by atoms with Crippen molar-refractivity contribution in [3.63, 3.8) is 0 Å². The van der Waals surface area contributed by atoms with Crippen molar-refractivity contribution in [2.45, 2.75) is 6.92 Å². The number of hydrogen-bond donors (Lipinski definition) is 1. The molecule has 0 radical (unpaired) electrons. The van der Waals surface area contributed by atoms with E-state index in [1.165, 1.54) is 22.2 Å². The third kappa shape index (κ3) is 3.60. The van der Waals surface area contributed by atoms with Crippen molar-refractivity contribution in [2.75, 3.05) is 5.32 Å². The summed E-state index contributed by atoms with van der Waals surface area (Å²) in [6, 6.07) is 16.9. The van der Waals surface area contributed by atoms with Gasteiger partial charge in [0.1, 0.15) is 5.82 Å². The first-order chi connectivity index (χ1) is 13.1. The van der Waals surface area contributed by atoms with Gasteiger partial charge in [0.25, 0.3) is 5.56 Å². The van der Waals surface area contributed by atoms with Gasteiger partial charge in [0, 0.05) is 5.69 Å². The van der Waals surface area contributed by atoms with Crippen LogP contribution in [0.1, 0.15) is 10.7 Å². The maximum Gasteiger partial charge on any atom is 0.282 e. The molecule has 0 aliphatic carbocycles. The Labute approximate surface area is 163 Å². The molecule has 8 heteroatoms. The van der Waals surface area contributed by atoms with Gasteiger partial charge in [0.2, 0.25) is 0 Å². The summed E-state index contributed by atoms with van der Waals surface area (Å²) in [6.45, 7) is 1.74. The van der Waals surface area contributed by atoms with Gasteiger partial charge < -0.3 is 5.32 Å². The van der Waals surface area contributed by atoms with Crippen molar-refractivity contribution < 1.29 is 0 Å². The molecule has 0 unspecified atom stereocenters. The van der Waals surface area contributed by atoms with Crippen molar-refractivity contribution in [1.82, 2.24) is 14.6 Å². The van der Waals surface area contributed by atoms with Crippen molar-refractivity contribution in [2.24, 2.45) is 5.10 Å². The van der Waals surface area contributed by atoms with Gasteiger partial charge in [-0.3, -0.25) is 4.79 Å². The van der Waals surface area contributed by atoms with Crippen LogP contribution in [0.15, 0.2) is 64.5 Å². The number of hydrogen-bond acceptors (Lipinski definition) is 6. The lowest BCUT2D eigenvalue weighted by Crippen LogP contribution is -2.20. The largest absolute Gasteiger partial charge is 0.331 e. The van der Waals surface area contributed by atoms with Gasteiger partial charge in [-0.2, -0.15) is 9.78 Å². The normalized spacial score (nSPS) is 11.3. The Morgan fingerprint density at radius 3 is 2.67 bits per heavy atom. The maximum absolute atomic E-state index is 12.7. The molecule has 0 atom stereocenters. The minimum Gasteiger partial charge on any atom is -0.331 e. The number of para-hydroxylation sites is 2.